The number of hydrogen-bond acceptors (Lipinski definition) is 8. The number of carbonyl (C=O) groups is 1. The number of benzene rings is 1. The van der Waals surface area contributed by atoms with Gasteiger partial charge in [-0.25, -0.2) is 16.8 Å². The van der Waals surface area contributed by atoms with Crippen LogP contribution in [-0.4, -0.2) is 82.2 Å². The number of amides is 1. The summed E-state index contributed by atoms with van der Waals surface area (Å²) in [4.78, 5) is 14.8. The number of thiophene rings is 1. The molecule has 0 saturated heterocycles. The Balaban J connectivity index is 2.06. The van der Waals surface area contributed by atoms with E-state index in [1.807, 2.05) is 6.92 Å². The zero-order chi connectivity index (χ0) is 25.3. The third-order valence-corrected chi connectivity index (χ3v) is 9.37. The van der Waals surface area contributed by atoms with Crippen LogP contribution in [0.3, 0.4) is 0 Å². The van der Waals surface area contributed by atoms with Gasteiger partial charge in [-0.15, -0.1) is 11.3 Å². The first-order valence-corrected chi connectivity index (χ1v) is 14.8. The van der Waals surface area contributed by atoms with E-state index >= 15 is 0 Å². The van der Waals surface area contributed by atoms with E-state index in [0.29, 0.717) is 0 Å². The molecule has 1 aromatic heterocycles. The zero-order valence-electron chi connectivity index (χ0n) is 19.3. The molecule has 10 nitrogen and oxygen atoms in total. The lowest BCUT2D eigenvalue weighted by atomic mass is 9.99. The van der Waals surface area contributed by atoms with E-state index in [4.69, 9.17) is 4.74 Å². The van der Waals surface area contributed by atoms with Crippen LogP contribution in [0.4, 0.5) is 5.69 Å². The molecular formula is C21H29N3O7S3. The van der Waals surface area contributed by atoms with Crippen LogP contribution in [0.25, 0.3) is 0 Å². The van der Waals surface area contributed by atoms with Gasteiger partial charge in [0.1, 0.15) is 10.3 Å². The number of ether oxygens (including phenoxy) is 1. The minimum Gasteiger partial charge on any atom is -0.486 e. The summed E-state index contributed by atoms with van der Waals surface area (Å²) in [6, 6.07) is 7.18. The monoisotopic (exact) mass is 531 g/mol. The Bertz CT molecular complexity index is 1230. The molecule has 0 fully saturated rings. The van der Waals surface area contributed by atoms with E-state index in [-0.39, 0.29) is 46.8 Å². The maximum Gasteiger partial charge on any atom is 0.258 e. The first-order valence-electron chi connectivity index (χ1n) is 10.5. The Labute approximate surface area is 204 Å². The molecule has 1 aliphatic rings. The number of fused-ring (bicyclic) bond motifs is 1. The summed E-state index contributed by atoms with van der Waals surface area (Å²) in [6.45, 7) is 3.42. The number of likely N-dealkylation sites (N-methyl/N-ethyl adjacent to an activating group) is 1. The SMILES string of the molecule is C[C@H]1CN([C@@H](C)CO)C(=O)c2cccc(NS(C)(=O)=O)c2O[C@@H]1CN(C)S(=O)(=O)c1cccs1. The van der Waals surface area contributed by atoms with Crippen molar-refractivity contribution in [3.8, 4) is 5.75 Å². The maximum absolute atomic E-state index is 13.3. The number of para-hydroxylation sites is 1. The smallest absolute Gasteiger partial charge is 0.258 e. The minimum absolute atomic E-state index is 0.0199. The van der Waals surface area contributed by atoms with E-state index in [2.05, 4.69) is 4.72 Å². The van der Waals surface area contributed by atoms with Gasteiger partial charge in [-0.3, -0.25) is 9.52 Å². The lowest BCUT2D eigenvalue weighted by Crippen LogP contribution is -2.50. The molecule has 0 aliphatic carbocycles. The molecule has 3 rings (SSSR count). The average molecular weight is 532 g/mol. The van der Waals surface area contributed by atoms with Crippen molar-refractivity contribution in [3.63, 3.8) is 0 Å². The van der Waals surface area contributed by atoms with Gasteiger partial charge in [-0.05, 0) is 30.5 Å². The van der Waals surface area contributed by atoms with Gasteiger partial charge in [-0.2, -0.15) is 4.31 Å². The maximum atomic E-state index is 13.3. The van der Waals surface area contributed by atoms with Gasteiger partial charge in [0.25, 0.3) is 15.9 Å². The van der Waals surface area contributed by atoms with Crippen LogP contribution in [0.1, 0.15) is 24.2 Å². The normalized spacial score (nSPS) is 20.3. The predicted octanol–water partition coefficient (Wildman–Crippen LogP) is 1.66. The third-order valence-electron chi connectivity index (χ3n) is 5.58. The van der Waals surface area contributed by atoms with Crippen LogP contribution in [0.5, 0.6) is 5.75 Å². The molecule has 2 aromatic rings. The number of nitrogens with one attached hydrogen (secondary N) is 1. The summed E-state index contributed by atoms with van der Waals surface area (Å²) in [5.41, 5.74) is 0.197. The van der Waals surface area contributed by atoms with Crippen LogP contribution in [0.15, 0.2) is 39.9 Å². The van der Waals surface area contributed by atoms with E-state index in [9.17, 15) is 26.7 Å². The van der Waals surface area contributed by atoms with Gasteiger partial charge >= 0.3 is 0 Å². The molecule has 1 aliphatic heterocycles. The molecule has 2 heterocycles. The molecule has 2 N–H and O–H groups in total. The van der Waals surface area contributed by atoms with Crippen molar-refractivity contribution in [2.45, 2.75) is 30.2 Å². The lowest BCUT2D eigenvalue weighted by Gasteiger charge is -2.38. The fourth-order valence-corrected chi connectivity index (χ4v) is 6.60. The number of aliphatic hydroxyl groups is 1. The van der Waals surface area contributed by atoms with Crippen molar-refractivity contribution in [1.82, 2.24) is 9.21 Å². The number of sulfonamides is 2. The highest BCUT2D eigenvalue weighted by atomic mass is 32.2. The summed E-state index contributed by atoms with van der Waals surface area (Å²) >= 11 is 1.11. The third kappa shape index (κ3) is 5.71. The molecule has 188 valence electrons. The van der Waals surface area contributed by atoms with E-state index < -0.39 is 38.1 Å². The van der Waals surface area contributed by atoms with Gasteiger partial charge in [0, 0.05) is 19.5 Å². The minimum atomic E-state index is -3.76. The van der Waals surface area contributed by atoms with Crippen molar-refractivity contribution in [2.24, 2.45) is 5.92 Å². The molecule has 0 spiro atoms. The Morgan fingerprint density at radius 2 is 1.97 bits per heavy atom. The van der Waals surface area contributed by atoms with Gasteiger partial charge in [0.2, 0.25) is 10.0 Å². The molecule has 1 amide bonds. The van der Waals surface area contributed by atoms with Crippen molar-refractivity contribution in [3.05, 3.63) is 41.3 Å². The molecular weight excluding hydrogens is 502 g/mol. The Hall–Kier alpha value is -2.19. The molecule has 1 aromatic carbocycles. The van der Waals surface area contributed by atoms with Crippen molar-refractivity contribution in [2.75, 3.05) is 37.7 Å². The summed E-state index contributed by atoms with van der Waals surface area (Å²) in [7, 11) is -6.00. The summed E-state index contributed by atoms with van der Waals surface area (Å²) in [6.07, 6.45) is 0.265. The Kier molecular flexibility index (Phi) is 7.92. The second-order valence-corrected chi connectivity index (χ2v) is 13.4. The number of hydrogen-bond donors (Lipinski definition) is 2. The second-order valence-electron chi connectivity index (χ2n) is 8.40. The predicted molar refractivity (Wildman–Crippen MR) is 130 cm³/mol. The lowest BCUT2D eigenvalue weighted by molar-refractivity contribution is 0.0389. The Morgan fingerprint density at radius 1 is 1.26 bits per heavy atom. The summed E-state index contributed by atoms with van der Waals surface area (Å²) in [5, 5.41) is 11.4. The van der Waals surface area contributed by atoms with Crippen LogP contribution >= 0.6 is 11.3 Å². The first-order chi connectivity index (χ1) is 15.8. The fraction of sp³-hybridized carbons (Fsp3) is 0.476. The molecule has 0 bridgehead atoms. The molecule has 0 radical (unpaired) electrons. The van der Waals surface area contributed by atoms with Crippen LogP contribution in [0.2, 0.25) is 0 Å². The zero-order valence-corrected chi connectivity index (χ0v) is 21.8. The van der Waals surface area contributed by atoms with Crippen LogP contribution < -0.4 is 9.46 Å². The number of rotatable bonds is 8. The molecule has 0 saturated carbocycles. The largest absolute Gasteiger partial charge is 0.486 e. The van der Waals surface area contributed by atoms with E-state index in [1.165, 1.54) is 40.5 Å². The summed E-state index contributed by atoms with van der Waals surface area (Å²) < 4.78 is 59.8. The van der Waals surface area contributed by atoms with Crippen molar-refractivity contribution in [1.29, 1.82) is 0 Å². The highest BCUT2D eigenvalue weighted by molar-refractivity contribution is 7.92. The fourth-order valence-electron chi connectivity index (χ4n) is 3.66. The van der Waals surface area contributed by atoms with Crippen LogP contribution in [0, 0.1) is 5.92 Å². The van der Waals surface area contributed by atoms with Gasteiger partial charge in [0.05, 0.1) is 36.7 Å². The van der Waals surface area contributed by atoms with Crippen molar-refractivity contribution < 1.29 is 31.5 Å². The van der Waals surface area contributed by atoms with E-state index in [0.717, 1.165) is 17.6 Å². The first kappa shape index (κ1) is 26.4. The van der Waals surface area contributed by atoms with Gasteiger partial charge < -0.3 is 14.7 Å². The van der Waals surface area contributed by atoms with Gasteiger partial charge in [-0.1, -0.05) is 19.1 Å². The molecule has 34 heavy (non-hydrogen) atoms. The van der Waals surface area contributed by atoms with Crippen LogP contribution in [-0.2, 0) is 20.0 Å². The number of anilines is 1. The molecule has 3 atom stereocenters. The van der Waals surface area contributed by atoms with Gasteiger partial charge in [0.15, 0.2) is 5.75 Å². The second kappa shape index (κ2) is 10.2. The number of aliphatic hydroxyl groups excluding tert-OH is 1. The quantitative estimate of drug-likeness (QED) is 0.529. The van der Waals surface area contributed by atoms with Crippen molar-refractivity contribution >= 4 is 43.0 Å². The average Bonchev–Trinajstić information content (AvgIpc) is 3.30. The standard InChI is InChI=1S/C21H29N3O7S3/c1-14-11-24(15(2)13-25)21(26)16-7-5-8-17(22-33(4,27)28)20(16)31-18(14)12-23(3)34(29,30)19-9-6-10-32-19/h5-10,14-15,18,22,25H,11-13H2,1-4H3/t14-,15-,18+/m0/s1. The Morgan fingerprint density at radius 3 is 2.56 bits per heavy atom. The summed E-state index contributed by atoms with van der Waals surface area (Å²) in [5.74, 6) is -0.747. The van der Waals surface area contributed by atoms with E-state index in [1.54, 1.807) is 18.4 Å². The molecule has 0 unspecified atom stereocenters. The molecule has 13 heteroatoms. The number of nitrogens with zero attached hydrogens (tertiary/aromatic N) is 2. The highest BCUT2D eigenvalue weighted by Gasteiger charge is 2.36. The number of carbonyl (C=O) groups excluding carboxylic acids is 1. The topological polar surface area (TPSA) is 133 Å². The highest BCUT2D eigenvalue weighted by Crippen LogP contribution is 2.35.